The lowest BCUT2D eigenvalue weighted by atomic mass is 10.4. The van der Waals surface area contributed by atoms with E-state index in [4.69, 9.17) is 0 Å². The van der Waals surface area contributed by atoms with Crippen molar-refractivity contribution in [3.8, 4) is 0 Å². The van der Waals surface area contributed by atoms with Crippen LogP contribution in [-0.2, 0) is 16.4 Å². The van der Waals surface area contributed by atoms with E-state index in [0.29, 0.717) is 0 Å². The van der Waals surface area contributed by atoms with Gasteiger partial charge in [0.25, 0.3) is 0 Å². The molecule has 0 bridgehead atoms. The van der Waals surface area contributed by atoms with E-state index in [2.05, 4.69) is 10.3 Å². The number of rotatable bonds is 4. The van der Waals surface area contributed by atoms with Crippen LogP contribution in [0.1, 0.15) is 5.69 Å². The maximum absolute atomic E-state index is 12.7. The minimum atomic E-state index is -3.42. The quantitative estimate of drug-likeness (QED) is 0.782. The van der Waals surface area contributed by atoms with Crippen LogP contribution in [0.3, 0.4) is 0 Å². The molecular weight excluding hydrogens is 257 g/mol. The molecule has 0 N–H and O–H groups in total. The first-order valence-electron chi connectivity index (χ1n) is 5.32. The molecule has 0 saturated heterocycles. The van der Waals surface area contributed by atoms with Gasteiger partial charge in [-0.2, -0.15) is 0 Å². The molecule has 96 valence electrons. The van der Waals surface area contributed by atoms with Crippen molar-refractivity contribution < 1.29 is 12.8 Å². The lowest BCUT2D eigenvalue weighted by Gasteiger charge is -2.04. The first-order valence-corrected chi connectivity index (χ1v) is 6.98. The van der Waals surface area contributed by atoms with Crippen LogP contribution in [0.4, 0.5) is 4.39 Å². The number of aryl methyl sites for hydroxylation is 2. The van der Waals surface area contributed by atoms with Gasteiger partial charge < -0.3 is 0 Å². The van der Waals surface area contributed by atoms with E-state index in [1.165, 1.54) is 16.8 Å². The molecule has 1 heterocycles. The van der Waals surface area contributed by atoms with Crippen LogP contribution in [0.15, 0.2) is 35.4 Å². The van der Waals surface area contributed by atoms with Crippen LogP contribution in [0, 0.1) is 12.7 Å². The van der Waals surface area contributed by atoms with Crippen LogP contribution >= 0.6 is 0 Å². The fourth-order valence-electron chi connectivity index (χ4n) is 1.48. The van der Waals surface area contributed by atoms with E-state index < -0.39 is 15.7 Å². The molecule has 1 aromatic carbocycles. The fourth-order valence-corrected chi connectivity index (χ4v) is 2.69. The van der Waals surface area contributed by atoms with Crippen molar-refractivity contribution >= 4 is 9.84 Å². The lowest BCUT2D eigenvalue weighted by molar-refractivity contribution is 0.574. The van der Waals surface area contributed by atoms with Crippen LogP contribution in [-0.4, -0.2) is 29.2 Å². The number of benzene rings is 1. The summed E-state index contributed by atoms with van der Waals surface area (Å²) in [5.74, 6) is -0.553. The second-order valence-corrected chi connectivity index (χ2v) is 6.00. The molecule has 0 aliphatic heterocycles. The van der Waals surface area contributed by atoms with Gasteiger partial charge in [0.15, 0.2) is 9.84 Å². The summed E-state index contributed by atoms with van der Waals surface area (Å²) in [6.45, 7) is 2.00. The molecule has 0 amide bonds. The first-order chi connectivity index (χ1) is 8.47. The maximum Gasteiger partial charge on any atom is 0.180 e. The predicted molar refractivity (Wildman–Crippen MR) is 63.2 cm³/mol. The molecule has 2 rings (SSSR count). The van der Waals surface area contributed by atoms with Gasteiger partial charge in [-0.3, -0.25) is 4.68 Å². The van der Waals surface area contributed by atoms with Crippen molar-refractivity contribution in [2.45, 2.75) is 18.4 Å². The van der Waals surface area contributed by atoms with Gasteiger partial charge in [-0.1, -0.05) is 5.21 Å². The summed E-state index contributed by atoms with van der Waals surface area (Å²) in [5, 5.41) is 7.54. The smallest absolute Gasteiger partial charge is 0.180 e. The van der Waals surface area contributed by atoms with Gasteiger partial charge in [-0.05, 0) is 31.2 Å². The Morgan fingerprint density at radius 1 is 1.28 bits per heavy atom. The topological polar surface area (TPSA) is 64.8 Å². The summed E-state index contributed by atoms with van der Waals surface area (Å²) < 4.78 is 38.1. The maximum atomic E-state index is 12.7. The number of hydrogen-bond acceptors (Lipinski definition) is 4. The highest BCUT2D eigenvalue weighted by Crippen LogP contribution is 2.12. The van der Waals surface area contributed by atoms with Gasteiger partial charge in [0.2, 0.25) is 0 Å². The van der Waals surface area contributed by atoms with Crippen LogP contribution in [0.2, 0.25) is 0 Å². The third kappa shape index (κ3) is 2.92. The normalized spacial score (nSPS) is 11.7. The molecule has 0 aliphatic carbocycles. The number of nitrogens with zero attached hydrogens (tertiary/aromatic N) is 3. The molecule has 7 heteroatoms. The zero-order valence-electron chi connectivity index (χ0n) is 9.75. The molecule has 0 radical (unpaired) electrons. The van der Waals surface area contributed by atoms with Crippen molar-refractivity contribution in [2.75, 3.05) is 5.75 Å². The highest BCUT2D eigenvalue weighted by atomic mass is 32.2. The Bertz CT molecular complexity index is 635. The number of sulfone groups is 1. The number of aromatic nitrogens is 3. The average molecular weight is 269 g/mol. The van der Waals surface area contributed by atoms with E-state index in [1.54, 1.807) is 13.1 Å². The van der Waals surface area contributed by atoms with Gasteiger partial charge in [0.05, 0.1) is 22.9 Å². The van der Waals surface area contributed by atoms with Crippen molar-refractivity contribution in [1.29, 1.82) is 0 Å². The Kier molecular flexibility index (Phi) is 3.42. The van der Waals surface area contributed by atoms with Gasteiger partial charge >= 0.3 is 0 Å². The largest absolute Gasteiger partial charge is 0.251 e. The molecule has 0 atom stereocenters. The number of hydrogen-bond donors (Lipinski definition) is 0. The van der Waals surface area contributed by atoms with Gasteiger partial charge in [0, 0.05) is 6.20 Å². The van der Waals surface area contributed by atoms with Crippen LogP contribution < -0.4 is 0 Å². The molecule has 0 aliphatic rings. The van der Waals surface area contributed by atoms with Crippen molar-refractivity contribution in [2.24, 2.45) is 0 Å². The Labute approximate surface area is 104 Å². The monoisotopic (exact) mass is 269 g/mol. The van der Waals surface area contributed by atoms with Crippen molar-refractivity contribution in [3.63, 3.8) is 0 Å². The molecule has 18 heavy (non-hydrogen) atoms. The molecule has 0 spiro atoms. The summed E-state index contributed by atoms with van der Waals surface area (Å²) in [4.78, 5) is 0.112. The Hall–Kier alpha value is -1.76. The zero-order chi connectivity index (χ0) is 13.2. The molecule has 0 saturated carbocycles. The fraction of sp³-hybridized carbons (Fsp3) is 0.273. The Morgan fingerprint density at radius 3 is 2.50 bits per heavy atom. The Balaban J connectivity index is 2.10. The van der Waals surface area contributed by atoms with E-state index >= 15 is 0 Å². The van der Waals surface area contributed by atoms with E-state index in [0.717, 1.165) is 17.8 Å². The van der Waals surface area contributed by atoms with Crippen LogP contribution in [0.5, 0.6) is 0 Å². The standard InChI is InChI=1S/C11H12FN3O2S/c1-9-8-15(14-13-9)6-7-18(16,17)11-4-2-10(12)3-5-11/h2-5,8H,6-7H2,1H3. The molecule has 0 fully saturated rings. The SMILES string of the molecule is Cc1cn(CCS(=O)(=O)c2ccc(F)cc2)nn1. The van der Waals surface area contributed by atoms with E-state index in [-0.39, 0.29) is 17.2 Å². The molecule has 2 aromatic rings. The van der Waals surface area contributed by atoms with E-state index in [9.17, 15) is 12.8 Å². The average Bonchev–Trinajstić information content (AvgIpc) is 2.73. The summed E-state index contributed by atoms with van der Waals surface area (Å²) in [7, 11) is -3.42. The molecular formula is C11H12FN3O2S. The molecule has 1 aromatic heterocycles. The molecule has 5 nitrogen and oxygen atoms in total. The second kappa shape index (κ2) is 4.85. The second-order valence-electron chi connectivity index (χ2n) is 3.90. The lowest BCUT2D eigenvalue weighted by Crippen LogP contribution is -2.13. The van der Waals surface area contributed by atoms with Crippen molar-refractivity contribution in [1.82, 2.24) is 15.0 Å². The minimum Gasteiger partial charge on any atom is -0.251 e. The summed E-state index contributed by atoms with van der Waals surface area (Å²) in [6.07, 6.45) is 1.67. The minimum absolute atomic E-state index is 0.0958. The summed E-state index contributed by atoms with van der Waals surface area (Å²) in [6, 6.07) is 4.79. The van der Waals surface area contributed by atoms with E-state index in [1.807, 2.05) is 0 Å². The first kappa shape index (κ1) is 12.7. The van der Waals surface area contributed by atoms with Gasteiger partial charge in [-0.15, -0.1) is 5.10 Å². The number of halogens is 1. The third-order valence-corrected chi connectivity index (χ3v) is 4.13. The third-order valence-electron chi connectivity index (χ3n) is 2.42. The highest BCUT2D eigenvalue weighted by Gasteiger charge is 2.14. The van der Waals surface area contributed by atoms with Gasteiger partial charge in [-0.25, -0.2) is 12.8 Å². The summed E-state index contributed by atoms with van der Waals surface area (Å²) >= 11 is 0. The summed E-state index contributed by atoms with van der Waals surface area (Å²) in [5.41, 5.74) is 0.731. The predicted octanol–water partition coefficient (Wildman–Crippen LogP) is 1.20. The zero-order valence-corrected chi connectivity index (χ0v) is 10.6. The van der Waals surface area contributed by atoms with Crippen LogP contribution in [0.25, 0.3) is 0 Å². The van der Waals surface area contributed by atoms with Crippen molar-refractivity contribution in [3.05, 3.63) is 42.0 Å². The highest BCUT2D eigenvalue weighted by molar-refractivity contribution is 7.91. The Morgan fingerprint density at radius 2 is 1.94 bits per heavy atom. The van der Waals surface area contributed by atoms with Gasteiger partial charge in [0.1, 0.15) is 5.82 Å². The molecule has 0 unspecified atom stereocenters.